The molecule has 1 unspecified atom stereocenters. The molecule has 0 radical (unpaired) electrons. The Bertz CT molecular complexity index is 919. The topological polar surface area (TPSA) is 87.7 Å². The van der Waals surface area contributed by atoms with E-state index in [4.69, 9.17) is 27.9 Å². The van der Waals surface area contributed by atoms with Crippen molar-refractivity contribution in [1.29, 1.82) is 0 Å². The molecule has 0 spiro atoms. The molecular weight excluding hydrogens is 393 g/mol. The van der Waals surface area contributed by atoms with Crippen molar-refractivity contribution >= 4 is 52.4 Å². The van der Waals surface area contributed by atoms with Crippen LogP contribution < -0.4 is 20.3 Å². The summed E-state index contributed by atoms with van der Waals surface area (Å²) < 4.78 is 5.12. The Morgan fingerprint density at radius 2 is 1.96 bits per heavy atom. The number of halogens is 2. The lowest BCUT2D eigenvalue weighted by molar-refractivity contribution is -0.130. The molecule has 4 amide bonds. The number of ether oxygens (including phenoxy) is 1. The van der Waals surface area contributed by atoms with Crippen LogP contribution in [0.15, 0.2) is 42.5 Å². The molecule has 27 heavy (non-hydrogen) atoms. The van der Waals surface area contributed by atoms with Gasteiger partial charge in [-0.05, 0) is 30.3 Å². The van der Waals surface area contributed by atoms with Crippen LogP contribution in [0.3, 0.4) is 0 Å². The summed E-state index contributed by atoms with van der Waals surface area (Å²) in [5.74, 6) is -1.81. The van der Waals surface area contributed by atoms with Gasteiger partial charge >= 0.3 is 6.03 Å². The fraction of sp³-hybridized carbons (Fsp3) is 0.167. The first-order valence-electron chi connectivity index (χ1n) is 7.92. The molecule has 1 heterocycles. The van der Waals surface area contributed by atoms with Crippen molar-refractivity contribution in [1.82, 2.24) is 5.32 Å². The highest BCUT2D eigenvalue weighted by Crippen LogP contribution is 2.27. The Balaban J connectivity index is 1.81. The number of carbonyl (C=O) groups excluding carboxylic acids is 3. The molecule has 1 fully saturated rings. The third-order valence-corrected chi connectivity index (χ3v) is 4.73. The SMILES string of the molecule is COc1cccc(N2C(=O)NCC(C(=O)Nc3ccc(Cl)c(Cl)c3)C2=O)c1. The number of imide groups is 1. The predicted molar refractivity (Wildman–Crippen MR) is 102 cm³/mol. The lowest BCUT2D eigenvalue weighted by Gasteiger charge is -2.30. The number of anilines is 2. The van der Waals surface area contributed by atoms with E-state index in [9.17, 15) is 14.4 Å². The average molecular weight is 408 g/mol. The van der Waals surface area contributed by atoms with Crippen molar-refractivity contribution in [2.24, 2.45) is 5.92 Å². The minimum Gasteiger partial charge on any atom is -0.497 e. The maximum Gasteiger partial charge on any atom is 0.328 e. The zero-order valence-corrected chi connectivity index (χ0v) is 15.7. The molecule has 2 aromatic rings. The fourth-order valence-electron chi connectivity index (χ4n) is 2.61. The first kappa shape index (κ1) is 19.0. The molecule has 0 saturated carbocycles. The molecule has 7 nitrogen and oxygen atoms in total. The van der Waals surface area contributed by atoms with E-state index in [0.29, 0.717) is 22.1 Å². The average Bonchev–Trinajstić information content (AvgIpc) is 2.65. The second-order valence-corrected chi connectivity index (χ2v) is 6.55. The molecule has 0 aromatic heterocycles. The summed E-state index contributed by atoms with van der Waals surface area (Å²) in [7, 11) is 1.48. The van der Waals surface area contributed by atoms with Crippen molar-refractivity contribution in [2.75, 3.05) is 23.9 Å². The van der Waals surface area contributed by atoms with Crippen molar-refractivity contribution in [3.8, 4) is 5.75 Å². The number of nitrogens with one attached hydrogen (secondary N) is 2. The summed E-state index contributed by atoms with van der Waals surface area (Å²) in [5.41, 5.74) is 0.705. The minimum atomic E-state index is -1.09. The van der Waals surface area contributed by atoms with E-state index in [1.54, 1.807) is 24.3 Å². The van der Waals surface area contributed by atoms with Crippen LogP contribution in [0.4, 0.5) is 16.2 Å². The number of amides is 4. The second-order valence-electron chi connectivity index (χ2n) is 5.73. The summed E-state index contributed by atoms with van der Waals surface area (Å²) in [6.45, 7) is -0.106. The normalized spacial score (nSPS) is 16.7. The van der Waals surface area contributed by atoms with E-state index in [1.807, 2.05) is 0 Å². The first-order chi connectivity index (χ1) is 12.9. The molecule has 0 aliphatic carbocycles. The summed E-state index contributed by atoms with van der Waals surface area (Å²) in [6, 6.07) is 10.4. The number of nitrogens with zero attached hydrogens (tertiary/aromatic N) is 1. The molecule has 2 aromatic carbocycles. The van der Waals surface area contributed by atoms with Crippen LogP contribution in [0.25, 0.3) is 0 Å². The highest BCUT2D eigenvalue weighted by Gasteiger charge is 2.39. The van der Waals surface area contributed by atoms with Gasteiger partial charge in [0.25, 0.3) is 0 Å². The number of carbonyl (C=O) groups is 3. The van der Waals surface area contributed by atoms with Gasteiger partial charge in [0.1, 0.15) is 11.7 Å². The standard InChI is InChI=1S/C18H15Cl2N3O4/c1-27-12-4-2-3-11(8-12)23-17(25)13(9-21-18(23)26)16(24)22-10-5-6-14(19)15(20)7-10/h2-8,13H,9H2,1H3,(H,21,26)(H,22,24). The van der Waals surface area contributed by atoms with Gasteiger partial charge in [0.2, 0.25) is 11.8 Å². The van der Waals surface area contributed by atoms with Gasteiger partial charge in [0.15, 0.2) is 0 Å². The van der Waals surface area contributed by atoms with Gasteiger partial charge in [-0.2, -0.15) is 0 Å². The number of methoxy groups -OCH3 is 1. The smallest absolute Gasteiger partial charge is 0.328 e. The molecular formula is C18H15Cl2N3O4. The minimum absolute atomic E-state index is 0.106. The van der Waals surface area contributed by atoms with Gasteiger partial charge < -0.3 is 15.4 Å². The highest BCUT2D eigenvalue weighted by atomic mass is 35.5. The van der Waals surface area contributed by atoms with Crippen LogP contribution >= 0.6 is 23.2 Å². The van der Waals surface area contributed by atoms with Gasteiger partial charge in [-0.25, -0.2) is 9.69 Å². The summed E-state index contributed by atoms with van der Waals surface area (Å²) in [6.07, 6.45) is 0. The Morgan fingerprint density at radius 1 is 1.19 bits per heavy atom. The largest absolute Gasteiger partial charge is 0.497 e. The summed E-state index contributed by atoms with van der Waals surface area (Å²) in [4.78, 5) is 38.5. The summed E-state index contributed by atoms with van der Waals surface area (Å²) >= 11 is 11.8. The van der Waals surface area contributed by atoms with Crippen molar-refractivity contribution in [2.45, 2.75) is 0 Å². The summed E-state index contributed by atoms with van der Waals surface area (Å²) in [5, 5.41) is 5.79. The molecule has 1 aliphatic heterocycles. The Labute approximate surface area is 165 Å². The Hall–Kier alpha value is -2.77. The van der Waals surface area contributed by atoms with E-state index in [0.717, 1.165) is 4.90 Å². The number of benzene rings is 2. The van der Waals surface area contributed by atoms with Crippen LogP contribution in [-0.2, 0) is 9.59 Å². The maximum atomic E-state index is 12.8. The highest BCUT2D eigenvalue weighted by molar-refractivity contribution is 6.42. The van der Waals surface area contributed by atoms with Crippen LogP contribution in [-0.4, -0.2) is 31.5 Å². The quantitative estimate of drug-likeness (QED) is 0.760. The molecule has 1 saturated heterocycles. The lowest BCUT2D eigenvalue weighted by atomic mass is 10.0. The van der Waals surface area contributed by atoms with Crippen LogP contribution in [0.2, 0.25) is 10.0 Å². The maximum absolute atomic E-state index is 12.8. The molecule has 140 valence electrons. The molecule has 2 N–H and O–H groups in total. The first-order valence-corrected chi connectivity index (χ1v) is 8.68. The van der Waals surface area contributed by atoms with Crippen LogP contribution in [0.5, 0.6) is 5.75 Å². The molecule has 3 rings (SSSR count). The number of rotatable bonds is 4. The van der Waals surface area contributed by atoms with Crippen molar-refractivity contribution in [3.05, 3.63) is 52.5 Å². The fourth-order valence-corrected chi connectivity index (χ4v) is 2.91. The Morgan fingerprint density at radius 3 is 2.67 bits per heavy atom. The van der Waals surface area contributed by atoms with Gasteiger partial charge in [-0.1, -0.05) is 29.3 Å². The third-order valence-electron chi connectivity index (χ3n) is 3.99. The van der Waals surface area contributed by atoms with Gasteiger partial charge in [0, 0.05) is 18.3 Å². The van der Waals surface area contributed by atoms with Crippen molar-refractivity contribution < 1.29 is 19.1 Å². The van der Waals surface area contributed by atoms with E-state index >= 15 is 0 Å². The molecule has 1 atom stereocenters. The van der Waals surface area contributed by atoms with Gasteiger partial charge in [0.05, 0.1) is 22.8 Å². The number of hydrogen-bond acceptors (Lipinski definition) is 4. The molecule has 0 bridgehead atoms. The van der Waals surface area contributed by atoms with E-state index < -0.39 is 23.8 Å². The zero-order valence-electron chi connectivity index (χ0n) is 14.2. The third kappa shape index (κ3) is 3.99. The van der Waals surface area contributed by atoms with Crippen molar-refractivity contribution in [3.63, 3.8) is 0 Å². The van der Waals surface area contributed by atoms with Gasteiger partial charge in [-0.15, -0.1) is 0 Å². The van der Waals surface area contributed by atoms with Crippen LogP contribution in [0.1, 0.15) is 0 Å². The number of urea groups is 1. The van der Waals surface area contributed by atoms with Gasteiger partial charge in [-0.3, -0.25) is 9.59 Å². The Kier molecular flexibility index (Phi) is 5.53. The van der Waals surface area contributed by atoms with E-state index in [2.05, 4.69) is 10.6 Å². The monoisotopic (exact) mass is 407 g/mol. The van der Waals surface area contributed by atoms with Crippen LogP contribution in [0, 0.1) is 5.92 Å². The number of hydrogen-bond donors (Lipinski definition) is 2. The molecule has 1 aliphatic rings. The zero-order chi connectivity index (χ0) is 19.6. The van der Waals surface area contributed by atoms with E-state index in [1.165, 1.54) is 25.3 Å². The lowest BCUT2D eigenvalue weighted by Crippen LogP contribution is -2.58. The predicted octanol–water partition coefficient (Wildman–Crippen LogP) is 3.31. The second kappa shape index (κ2) is 7.85. The molecule has 9 heteroatoms. The van der Waals surface area contributed by atoms with E-state index in [-0.39, 0.29) is 11.6 Å².